The zero-order valence-corrected chi connectivity index (χ0v) is 22.0. The maximum Gasteiger partial charge on any atom is 0.336 e. The number of hydrogen-bond acceptors (Lipinski definition) is 6. The van der Waals surface area contributed by atoms with Crippen LogP contribution in [0.3, 0.4) is 0 Å². The van der Waals surface area contributed by atoms with E-state index in [0.717, 1.165) is 33.4 Å². The number of carbonyl (C=O) groups excluding carboxylic acids is 2. The molecule has 0 bridgehead atoms. The van der Waals surface area contributed by atoms with Crippen molar-refractivity contribution in [1.29, 1.82) is 0 Å². The first-order chi connectivity index (χ1) is 16.9. The predicted octanol–water partition coefficient (Wildman–Crippen LogP) is 5.78. The molecule has 0 unspecified atom stereocenters. The maximum atomic E-state index is 13.7. The van der Waals surface area contributed by atoms with Crippen LogP contribution in [0.1, 0.15) is 56.1 Å². The van der Waals surface area contributed by atoms with Gasteiger partial charge in [-0.25, -0.2) is 4.79 Å². The van der Waals surface area contributed by atoms with Crippen molar-refractivity contribution in [3.05, 3.63) is 80.6 Å². The summed E-state index contributed by atoms with van der Waals surface area (Å²) in [5, 5.41) is 3.39. The SMILES string of the molecule is CCCOC(=O)C1=C(C)NC2=C(C(=O)C[C@H](c3ccc(OC)c(OC)c3)C2)[C@H]1c1cccc(Br)c1. The molecule has 7 heteroatoms. The van der Waals surface area contributed by atoms with Crippen LogP contribution in [-0.4, -0.2) is 32.6 Å². The van der Waals surface area contributed by atoms with Gasteiger partial charge >= 0.3 is 5.97 Å². The molecule has 1 aliphatic heterocycles. The molecular formula is C28H30BrNO5. The van der Waals surface area contributed by atoms with Crippen molar-refractivity contribution < 1.29 is 23.8 Å². The van der Waals surface area contributed by atoms with Crippen molar-refractivity contribution in [3.63, 3.8) is 0 Å². The van der Waals surface area contributed by atoms with Crippen LogP contribution in [0.5, 0.6) is 11.5 Å². The highest BCUT2D eigenvalue weighted by Crippen LogP contribution is 2.46. The minimum absolute atomic E-state index is 0.0156. The van der Waals surface area contributed by atoms with Crippen molar-refractivity contribution in [2.45, 2.75) is 44.9 Å². The number of carbonyl (C=O) groups is 2. The molecule has 1 aliphatic carbocycles. The quantitative estimate of drug-likeness (QED) is 0.449. The van der Waals surface area contributed by atoms with E-state index in [1.165, 1.54) is 0 Å². The van der Waals surface area contributed by atoms with E-state index in [4.69, 9.17) is 14.2 Å². The largest absolute Gasteiger partial charge is 0.493 e. The number of halogens is 1. The second-order valence-corrected chi connectivity index (χ2v) is 9.74. The molecule has 184 valence electrons. The van der Waals surface area contributed by atoms with Gasteiger partial charge in [0, 0.05) is 33.8 Å². The Labute approximate surface area is 214 Å². The highest BCUT2D eigenvalue weighted by atomic mass is 79.9. The number of ketones is 1. The third kappa shape index (κ3) is 5.01. The van der Waals surface area contributed by atoms with E-state index in [-0.39, 0.29) is 17.7 Å². The van der Waals surface area contributed by atoms with Gasteiger partial charge in [0.25, 0.3) is 0 Å². The first-order valence-corrected chi connectivity index (χ1v) is 12.6. The lowest BCUT2D eigenvalue weighted by Gasteiger charge is -2.36. The monoisotopic (exact) mass is 539 g/mol. The number of methoxy groups -OCH3 is 2. The van der Waals surface area contributed by atoms with Gasteiger partial charge in [-0.1, -0.05) is 41.1 Å². The van der Waals surface area contributed by atoms with E-state index in [1.54, 1.807) is 14.2 Å². The number of nitrogens with one attached hydrogen (secondary N) is 1. The van der Waals surface area contributed by atoms with Crippen LogP contribution in [0.4, 0.5) is 0 Å². The third-order valence-electron chi connectivity index (χ3n) is 6.55. The fourth-order valence-corrected chi connectivity index (χ4v) is 5.36. The van der Waals surface area contributed by atoms with E-state index < -0.39 is 5.92 Å². The Morgan fingerprint density at radius 2 is 1.83 bits per heavy atom. The van der Waals surface area contributed by atoms with Gasteiger partial charge in [0.1, 0.15) is 0 Å². The summed E-state index contributed by atoms with van der Waals surface area (Å²) in [5.41, 5.74) is 4.61. The predicted molar refractivity (Wildman–Crippen MR) is 138 cm³/mol. The van der Waals surface area contributed by atoms with Crippen LogP contribution in [0.15, 0.2) is 69.5 Å². The Morgan fingerprint density at radius 3 is 2.51 bits per heavy atom. The zero-order chi connectivity index (χ0) is 25.1. The van der Waals surface area contributed by atoms with Gasteiger partial charge in [0.15, 0.2) is 17.3 Å². The minimum atomic E-state index is -0.480. The lowest BCUT2D eigenvalue weighted by molar-refractivity contribution is -0.139. The first-order valence-electron chi connectivity index (χ1n) is 11.8. The fraction of sp³-hybridized carbons (Fsp3) is 0.357. The van der Waals surface area contributed by atoms with E-state index in [1.807, 2.05) is 56.3 Å². The molecule has 2 aromatic carbocycles. The average molecular weight is 540 g/mol. The van der Waals surface area contributed by atoms with Crippen molar-refractivity contribution in [2.75, 3.05) is 20.8 Å². The highest BCUT2D eigenvalue weighted by molar-refractivity contribution is 9.10. The van der Waals surface area contributed by atoms with Gasteiger partial charge in [-0.3, -0.25) is 4.79 Å². The minimum Gasteiger partial charge on any atom is -0.493 e. The number of dihydropyridines is 1. The second kappa shape index (κ2) is 10.7. The summed E-state index contributed by atoms with van der Waals surface area (Å²) in [5.74, 6) is 0.431. The summed E-state index contributed by atoms with van der Waals surface area (Å²) in [6, 6.07) is 13.6. The van der Waals surface area contributed by atoms with Gasteiger partial charge in [-0.05, 0) is 61.1 Å². The highest BCUT2D eigenvalue weighted by Gasteiger charge is 2.41. The van der Waals surface area contributed by atoms with E-state index in [0.29, 0.717) is 42.1 Å². The summed E-state index contributed by atoms with van der Waals surface area (Å²) >= 11 is 3.54. The van der Waals surface area contributed by atoms with E-state index in [9.17, 15) is 9.59 Å². The Balaban J connectivity index is 1.76. The molecule has 0 aromatic heterocycles. The molecule has 2 atom stereocenters. The van der Waals surface area contributed by atoms with E-state index in [2.05, 4.69) is 21.2 Å². The van der Waals surface area contributed by atoms with Gasteiger partial charge in [-0.2, -0.15) is 0 Å². The molecular weight excluding hydrogens is 510 g/mol. The van der Waals surface area contributed by atoms with Crippen LogP contribution in [0, 0.1) is 0 Å². The molecule has 35 heavy (non-hydrogen) atoms. The number of benzene rings is 2. The first kappa shape index (κ1) is 25.0. The number of hydrogen-bond donors (Lipinski definition) is 1. The maximum absolute atomic E-state index is 13.7. The molecule has 4 rings (SSSR count). The lowest BCUT2D eigenvalue weighted by atomic mass is 9.71. The van der Waals surface area contributed by atoms with Crippen LogP contribution in [0.25, 0.3) is 0 Å². The van der Waals surface area contributed by atoms with Crippen molar-refractivity contribution in [3.8, 4) is 11.5 Å². The van der Waals surface area contributed by atoms with Gasteiger partial charge < -0.3 is 19.5 Å². The Morgan fingerprint density at radius 1 is 1.06 bits per heavy atom. The Bertz CT molecular complexity index is 1220. The summed E-state index contributed by atoms with van der Waals surface area (Å²) in [6.45, 7) is 4.17. The fourth-order valence-electron chi connectivity index (χ4n) is 4.94. The van der Waals surface area contributed by atoms with Crippen LogP contribution >= 0.6 is 15.9 Å². The molecule has 6 nitrogen and oxygen atoms in total. The standard InChI is InChI=1S/C28H30BrNO5/c1-5-11-35-28(32)25-16(2)30-21-13-19(17-9-10-23(33-3)24(15-17)34-4)14-22(31)27(21)26(25)18-7-6-8-20(29)12-18/h6-10,12,15,19,26,30H,5,11,13-14H2,1-4H3/t19-,26+/m1/s1. The molecule has 0 radical (unpaired) electrons. The Kier molecular flexibility index (Phi) is 7.65. The van der Waals surface area contributed by atoms with E-state index >= 15 is 0 Å². The van der Waals surface area contributed by atoms with Gasteiger partial charge in [0.05, 0.1) is 26.4 Å². The van der Waals surface area contributed by atoms with Crippen molar-refractivity contribution >= 4 is 27.7 Å². The summed E-state index contributed by atoms with van der Waals surface area (Å²) in [4.78, 5) is 26.8. The Hall–Kier alpha value is -3.06. The number of allylic oxidation sites excluding steroid dienone is 3. The average Bonchev–Trinajstić information content (AvgIpc) is 2.85. The molecule has 2 aromatic rings. The summed E-state index contributed by atoms with van der Waals surface area (Å²) < 4.78 is 17.3. The molecule has 0 amide bonds. The molecule has 1 N–H and O–H groups in total. The van der Waals surface area contributed by atoms with Crippen LogP contribution in [-0.2, 0) is 14.3 Å². The van der Waals surface area contributed by atoms with Gasteiger partial charge in [-0.15, -0.1) is 0 Å². The molecule has 1 heterocycles. The number of esters is 1. The molecule has 2 aliphatic rings. The molecule has 0 saturated carbocycles. The molecule has 0 fully saturated rings. The zero-order valence-electron chi connectivity index (χ0n) is 20.4. The smallest absolute Gasteiger partial charge is 0.336 e. The second-order valence-electron chi connectivity index (χ2n) is 8.82. The number of ether oxygens (including phenoxy) is 3. The number of rotatable bonds is 7. The topological polar surface area (TPSA) is 73.9 Å². The normalized spacial score (nSPS) is 19.7. The van der Waals surface area contributed by atoms with Crippen molar-refractivity contribution in [2.24, 2.45) is 0 Å². The lowest BCUT2D eigenvalue weighted by Crippen LogP contribution is -2.36. The summed E-state index contributed by atoms with van der Waals surface area (Å²) in [6.07, 6.45) is 1.72. The van der Waals surface area contributed by atoms with Crippen molar-refractivity contribution in [1.82, 2.24) is 5.32 Å². The van der Waals surface area contributed by atoms with Crippen LogP contribution in [0.2, 0.25) is 0 Å². The summed E-state index contributed by atoms with van der Waals surface area (Å²) in [7, 11) is 3.21. The number of Topliss-reactive ketones (excluding diaryl/α,β-unsaturated/α-hetero) is 1. The molecule has 0 saturated heterocycles. The van der Waals surface area contributed by atoms with Crippen LogP contribution < -0.4 is 14.8 Å². The van der Waals surface area contributed by atoms with Gasteiger partial charge in [0.2, 0.25) is 0 Å². The molecule has 0 spiro atoms. The third-order valence-corrected chi connectivity index (χ3v) is 7.04.